The normalized spacial score (nSPS) is 10.7. The molecule has 1 aromatic heterocycles. The zero-order chi connectivity index (χ0) is 13.8. The van der Waals surface area contributed by atoms with Crippen LogP contribution in [0.5, 0.6) is 0 Å². The zero-order valence-electron chi connectivity index (χ0n) is 11.6. The molecule has 0 saturated heterocycles. The monoisotopic (exact) mass is 262 g/mol. The number of hydrogen-bond donors (Lipinski definition) is 1. The van der Waals surface area contributed by atoms with E-state index in [0.29, 0.717) is 0 Å². The SMILES string of the molecule is CCCNc1nccc2ccc(-c3ccccc3)cc12. The van der Waals surface area contributed by atoms with E-state index in [2.05, 4.69) is 65.8 Å². The number of nitrogens with zero attached hydrogens (tertiary/aromatic N) is 1. The molecule has 0 amide bonds. The van der Waals surface area contributed by atoms with Crippen molar-refractivity contribution in [2.24, 2.45) is 0 Å². The Bertz CT molecular complexity index is 705. The Morgan fingerprint density at radius 1 is 0.950 bits per heavy atom. The number of benzene rings is 2. The Balaban J connectivity index is 2.09. The van der Waals surface area contributed by atoms with E-state index in [1.165, 1.54) is 21.9 Å². The van der Waals surface area contributed by atoms with E-state index in [-0.39, 0.29) is 0 Å². The second kappa shape index (κ2) is 5.74. The van der Waals surface area contributed by atoms with Crippen molar-refractivity contribution in [3.05, 3.63) is 60.8 Å². The summed E-state index contributed by atoms with van der Waals surface area (Å²) in [4.78, 5) is 4.47. The summed E-state index contributed by atoms with van der Waals surface area (Å²) in [5, 5.41) is 5.81. The highest BCUT2D eigenvalue weighted by molar-refractivity contribution is 5.94. The molecule has 0 aliphatic rings. The van der Waals surface area contributed by atoms with Gasteiger partial charge < -0.3 is 5.32 Å². The van der Waals surface area contributed by atoms with Gasteiger partial charge in [0.2, 0.25) is 0 Å². The fraction of sp³-hybridized carbons (Fsp3) is 0.167. The van der Waals surface area contributed by atoms with Gasteiger partial charge in [0.15, 0.2) is 0 Å². The number of fused-ring (bicyclic) bond motifs is 1. The van der Waals surface area contributed by atoms with E-state index in [4.69, 9.17) is 0 Å². The van der Waals surface area contributed by atoms with Gasteiger partial charge in [0, 0.05) is 18.1 Å². The second-order valence-corrected chi connectivity index (χ2v) is 4.89. The lowest BCUT2D eigenvalue weighted by Crippen LogP contribution is -2.02. The molecule has 2 nitrogen and oxygen atoms in total. The molecule has 1 N–H and O–H groups in total. The van der Waals surface area contributed by atoms with E-state index in [0.717, 1.165) is 18.8 Å². The lowest BCUT2D eigenvalue weighted by Gasteiger charge is -2.09. The maximum absolute atomic E-state index is 4.47. The summed E-state index contributed by atoms with van der Waals surface area (Å²) in [6.07, 6.45) is 2.96. The topological polar surface area (TPSA) is 24.9 Å². The van der Waals surface area contributed by atoms with Crippen molar-refractivity contribution in [2.45, 2.75) is 13.3 Å². The number of rotatable bonds is 4. The van der Waals surface area contributed by atoms with Crippen molar-refractivity contribution in [1.82, 2.24) is 4.98 Å². The molecule has 0 aliphatic heterocycles. The molecule has 20 heavy (non-hydrogen) atoms. The van der Waals surface area contributed by atoms with E-state index < -0.39 is 0 Å². The molecule has 2 aromatic carbocycles. The van der Waals surface area contributed by atoms with Gasteiger partial charge in [0.25, 0.3) is 0 Å². The molecule has 0 saturated carbocycles. The predicted molar refractivity (Wildman–Crippen MR) is 86.0 cm³/mol. The lowest BCUT2D eigenvalue weighted by molar-refractivity contribution is 0.972. The molecule has 0 unspecified atom stereocenters. The number of hydrogen-bond acceptors (Lipinski definition) is 2. The van der Waals surface area contributed by atoms with Crippen LogP contribution in [0.2, 0.25) is 0 Å². The second-order valence-electron chi connectivity index (χ2n) is 4.89. The molecule has 1 heterocycles. The first-order chi connectivity index (χ1) is 9.88. The Morgan fingerprint density at radius 2 is 1.80 bits per heavy atom. The highest BCUT2D eigenvalue weighted by atomic mass is 15.0. The molecule has 3 rings (SSSR count). The molecular weight excluding hydrogens is 244 g/mol. The lowest BCUT2D eigenvalue weighted by atomic mass is 10.0. The molecule has 0 aliphatic carbocycles. The third kappa shape index (κ3) is 2.50. The van der Waals surface area contributed by atoms with Crippen LogP contribution in [0.15, 0.2) is 60.8 Å². The molecular formula is C18H18N2. The van der Waals surface area contributed by atoms with Crippen LogP contribution in [0.4, 0.5) is 5.82 Å². The van der Waals surface area contributed by atoms with Crippen LogP contribution < -0.4 is 5.32 Å². The van der Waals surface area contributed by atoms with Crippen LogP contribution in [0.25, 0.3) is 21.9 Å². The van der Waals surface area contributed by atoms with Gasteiger partial charge in [-0.15, -0.1) is 0 Å². The minimum atomic E-state index is 0.946. The van der Waals surface area contributed by atoms with Gasteiger partial charge in [-0.05, 0) is 35.1 Å². The van der Waals surface area contributed by atoms with Crippen LogP contribution in [-0.4, -0.2) is 11.5 Å². The Hall–Kier alpha value is -2.35. The molecule has 0 spiro atoms. The van der Waals surface area contributed by atoms with Crippen LogP contribution in [-0.2, 0) is 0 Å². The summed E-state index contributed by atoms with van der Waals surface area (Å²) in [6.45, 7) is 3.11. The van der Waals surface area contributed by atoms with E-state index in [1.54, 1.807) is 0 Å². The van der Waals surface area contributed by atoms with Gasteiger partial charge in [0.05, 0.1) is 0 Å². The minimum Gasteiger partial charge on any atom is -0.370 e. The summed E-state index contributed by atoms with van der Waals surface area (Å²) >= 11 is 0. The average Bonchev–Trinajstić information content (AvgIpc) is 2.53. The van der Waals surface area contributed by atoms with Crippen molar-refractivity contribution >= 4 is 16.6 Å². The third-order valence-corrected chi connectivity index (χ3v) is 3.42. The summed E-state index contributed by atoms with van der Waals surface area (Å²) in [5.74, 6) is 0.974. The molecule has 0 atom stereocenters. The van der Waals surface area contributed by atoms with Crippen LogP contribution in [0.3, 0.4) is 0 Å². The predicted octanol–water partition coefficient (Wildman–Crippen LogP) is 4.72. The van der Waals surface area contributed by atoms with E-state index >= 15 is 0 Å². The molecule has 0 fully saturated rings. The summed E-state index contributed by atoms with van der Waals surface area (Å²) < 4.78 is 0. The average molecular weight is 262 g/mol. The quantitative estimate of drug-likeness (QED) is 0.735. The van der Waals surface area contributed by atoms with Crippen molar-refractivity contribution in [2.75, 3.05) is 11.9 Å². The van der Waals surface area contributed by atoms with Crippen LogP contribution in [0.1, 0.15) is 13.3 Å². The van der Waals surface area contributed by atoms with Gasteiger partial charge >= 0.3 is 0 Å². The Kier molecular flexibility index (Phi) is 3.64. The van der Waals surface area contributed by atoms with Crippen molar-refractivity contribution in [3.8, 4) is 11.1 Å². The fourth-order valence-corrected chi connectivity index (χ4v) is 2.36. The zero-order valence-corrected chi connectivity index (χ0v) is 11.6. The third-order valence-electron chi connectivity index (χ3n) is 3.42. The largest absolute Gasteiger partial charge is 0.370 e. The minimum absolute atomic E-state index is 0.946. The molecule has 2 heteroatoms. The maximum atomic E-state index is 4.47. The fourth-order valence-electron chi connectivity index (χ4n) is 2.36. The van der Waals surface area contributed by atoms with Crippen LogP contribution >= 0.6 is 0 Å². The molecule has 0 bridgehead atoms. The van der Waals surface area contributed by atoms with Gasteiger partial charge in [-0.1, -0.05) is 49.4 Å². The maximum Gasteiger partial charge on any atom is 0.133 e. The van der Waals surface area contributed by atoms with Gasteiger partial charge in [-0.25, -0.2) is 4.98 Å². The van der Waals surface area contributed by atoms with Crippen molar-refractivity contribution in [3.63, 3.8) is 0 Å². The molecule has 100 valence electrons. The first-order valence-corrected chi connectivity index (χ1v) is 7.06. The number of aromatic nitrogens is 1. The van der Waals surface area contributed by atoms with Crippen LogP contribution in [0, 0.1) is 0 Å². The number of nitrogens with one attached hydrogen (secondary N) is 1. The summed E-state index contributed by atoms with van der Waals surface area (Å²) in [7, 11) is 0. The number of pyridine rings is 1. The smallest absolute Gasteiger partial charge is 0.133 e. The van der Waals surface area contributed by atoms with E-state index in [9.17, 15) is 0 Å². The van der Waals surface area contributed by atoms with Gasteiger partial charge in [-0.3, -0.25) is 0 Å². The Labute approximate surface area is 119 Å². The summed E-state index contributed by atoms with van der Waals surface area (Å²) in [6, 6.07) is 19.1. The van der Waals surface area contributed by atoms with Gasteiger partial charge in [-0.2, -0.15) is 0 Å². The summed E-state index contributed by atoms with van der Waals surface area (Å²) in [5.41, 5.74) is 2.46. The standard InChI is InChI=1S/C18H18N2/c1-2-11-19-18-17-13-16(14-6-4-3-5-7-14)9-8-15(17)10-12-20-18/h3-10,12-13H,2,11H2,1H3,(H,19,20). The van der Waals surface area contributed by atoms with Crippen molar-refractivity contribution < 1.29 is 0 Å². The Morgan fingerprint density at radius 3 is 2.60 bits per heavy atom. The highest BCUT2D eigenvalue weighted by Crippen LogP contribution is 2.27. The number of anilines is 1. The first-order valence-electron chi connectivity index (χ1n) is 7.06. The molecule has 3 aromatic rings. The highest BCUT2D eigenvalue weighted by Gasteiger charge is 2.04. The van der Waals surface area contributed by atoms with Crippen molar-refractivity contribution in [1.29, 1.82) is 0 Å². The van der Waals surface area contributed by atoms with E-state index in [1.807, 2.05) is 12.3 Å². The molecule has 0 radical (unpaired) electrons. The van der Waals surface area contributed by atoms with Gasteiger partial charge in [0.1, 0.15) is 5.82 Å². The first kappa shape index (κ1) is 12.7.